The van der Waals surface area contributed by atoms with Crippen LogP contribution in [-0.4, -0.2) is 41.1 Å². The molecule has 0 radical (unpaired) electrons. The Morgan fingerprint density at radius 3 is 2.76 bits per heavy atom. The van der Waals surface area contributed by atoms with Crippen LogP contribution in [0.2, 0.25) is 0 Å². The lowest BCUT2D eigenvalue weighted by atomic mass is 9.54. The molecule has 2 atom stereocenters. The molecule has 0 bridgehead atoms. The normalized spacial score (nSPS) is 24.9. The van der Waals surface area contributed by atoms with Crippen LogP contribution in [0.5, 0.6) is 0 Å². The summed E-state index contributed by atoms with van der Waals surface area (Å²) in [6.45, 7) is 6.15. The van der Waals surface area contributed by atoms with Gasteiger partial charge in [0.1, 0.15) is 10.7 Å². The average Bonchev–Trinajstić information content (AvgIpc) is 3.13. The summed E-state index contributed by atoms with van der Waals surface area (Å²) in [7, 11) is 0. The number of thiazole rings is 1. The minimum Gasteiger partial charge on any atom is -0.378 e. The van der Waals surface area contributed by atoms with Gasteiger partial charge in [-0.05, 0) is 32.6 Å². The van der Waals surface area contributed by atoms with Crippen LogP contribution < -0.4 is 5.73 Å². The van der Waals surface area contributed by atoms with Crippen molar-refractivity contribution in [1.82, 2.24) is 9.88 Å². The van der Waals surface area contributed by atoms with E-state index in [2.05, 4.69) is 23.7 Å². The number of hydrogen-bond donors (Lipinski definition) is 1. The molecule has 140 valence electrons. The zero-order valence-electron chi connectivity index (χ0n) is 15.5. The summed E-state index contributed by atoms with van der Waals surface area (Å²) < 4.78 is 6.07. The number of rotatable bonds is 7. The fourth-order valence-electron chi connectivity index (χ4n) is 4.75. The average molecular weight is 366 g/mol. The molecule has 3 rings (SSSR count). The van der Waals surface area contributed by atoms with Gasteiger partial charge in [-0.1, -0.05) is 26.2 Å². The number of nitrogens with two attached hydrogens (primary N) is 1. The second kappa shape index (κ2) is 8.14. The van der Waals surface area contributed by atoms with Gasteiger partial charge in [-0.15, -0.1) is 11.3 Å². The molecule has 1 aromatic heterocycles. The van der Waals surface area contributed by atoms with E-state index in [-0.39, 0.29) is 11.3 Å². The number of nitrogens with zero attached hydrogens (tertiary/aromatic N) is 2. The molecule has 0 saturated heterocycles. The quantitative estimate of drug-likeness (QED) is 0.802. The van der Waals surface area contributed by atoms with E-state index in [9.17, 15) is 4.79 Å². The predicted molar refractivity (Wildman–Crippen MR) is 101 cm³/mol. The van der Waals surface area contributed by atoms with Crippen LogP contribution in [0.3, 0.4) is 0 Å². The zero-order chi connectivity index (χ0) is 17.9. The van der Waals surface area contributed by atoms with Gasteiger partial charge in [-0.3, -0.25) is 4.79 Å². The summed E-state index contributed by atoms with van der Waals surface area (Å²) in [5.41, 5.74) is 6.38. The van der Waals surface area contributed by atoms with E-state index in [0.717, 1.165) is 31.0 Å². The maximum atomic E-state index is 13.2. The molecule has 2 saturated carbocycles. The molecule has 2 aliphatic carbocycles. The smallest absolute Gasteiger partial charge is 0.273 e. The molecule has 1 heterocycles. The monoisotopic (exact) mass is 365 g/mol. The second-order valence-electron chi connectivity index (χ2n) is 7.32. The Kier molecular flexibility index (Phi) is 6.12. The Balaban J connectivity index is 1.82. The summed E-state index contributed by atoms with van der Waals surface area (Å²) in [6.07, 6.45) is 8.41. The van der Waals surface area contributed by atoms with Gasteiger partial charge < -0.3 is 15.4 Å². The van der Waals surface area contributed by atoms with Gasteiger partial charge in [-0.25, -0.2) is 4.98 Å². The first-order chi connectivity index (χ1) is 12.2. The largest absolute Gasteiger partial charge is 0.378 e. The summed E-state index contributed by atoms with van der Waals surface area (Å²) in [6, 6.07) is 0.292. The van der Waals surface area contributed by atoms with E-state index in [1.807, 2.05) is 5.38 Å². The highest BCUT2D eigenvalue weighted by Gasteiger charge is 2.58. The molecule has 25 heavy (non-hydrogen) atoms. The van der Waals surface area contributed by atoms with E-state index < -0.39 is 0 Å². The number of carbonyl (C=O) groups is 1. The van der Waals surface area contributed by atoms with Gasteiger partial charge in [-0.2, -0.15) is 0 Å². The molecule has 5 nitrogen and oxygen atoms in total. The van der Waals surface area contributed by atoms with Crippen LogP contribution in [0.1, 0.15) is 74.3 Å². The molecule has 1 spiro atoms. The van der Waals surface area contributed by atoms with Gasteiger partial charge in [0, 0.05) is 36.5 Å². The van der Waals surface area contributed by atoms with Gasteiger partial charge >= 0.3 is 0 Å². The molecule has 1 amide bonds. The highest BCUT2D eigenvalue weighted by Crippen LogP contribution is 2.55. The van der Waals surface area contributed by atoms with Crippen LogP contribution >= 0.6 is 11.3 Å². The summed E-state index contributed by atoms with van der Waals surface area (Å²) in [4.78, 5) is 19.7. The lowest BCUT2D eigenvalue weighted by molar-refractivity contribution is -0.174. The number of amides is 1. The van der Waals surface area contributed by atoms with Crippen molar-refractivity contribution in [3.63, 3.8) is 0 Å². The van der Waals surface area contributed by atoms with Crippen LogP contribution in [-0.2, 0) is 11.3 Å². The van der Waals surface area contributed by atoms with E-state index in [4.69, 9.17) is 10.5 Å². The lowest BCUT2D eigenvalue weighted by Crippen LogP contribution is -2.66. The summed E-state index contributed by atoms with van der Waals surface area (Å²) in [5.74, 6) is 0.0719. The van der Waals surface area contributed by atoms with Crippen LogP contribution in [0.4, 0.5) is 0 Å². The molecular weight excluding hydrogens is 334 g/mol. The third kappa shape index (κ3) is 3.49. The Morgan fingerprint density at radius 1 is 1.40 bits per heavy atom. The van der Waals surface area contributed by atoms with Crippen molar-refractivity contribution in [3.8, 4) is 0 Å². The van der Waals surface area contributed by atoms with Crippen LogP contribution in [0.25, 0.3) is 0 Å². The Labute approximate surface area is 154 Å². The fraction of sp³-hybridized carbons (Fsp3) is 0.789. The van der Waals surface area contributed by atoms with Crippen molar-refractivity contribution < 1.29 is 9.53 Å². The third-order valence-electron chi connectivity index (χ3n) is 5.94. The van der Waals surface area contributed by atoms with Gasteiger partial charge in [0.2, 0.25) is 0 Å². The van der Waals surface area contributed by atoms with E-state index in [1.165, 1.54) is 43.4 Å². The maximum Gasteiger partial charge on any atom is 0.273 e. The minimum atomic E-state index is 0.0719. The molecule has 6 heteroatoms. The van der Waals surface area contributed by atoms with Crippen molar-refractivity contribution in [2.45, 2.75) is 77.5 Å². The second-order valence-corrected chi connectivity index (χ2v) is 8.26. The number of ether oxygens (including phenoxy) is 1. The molecule has 2 N–H and O–H groups in total. The molecule has 0 aromatic carbocycles. The summed E-state index contributed by atoms with van der Waals surface area (Å²) >= 11 is 1.48. The fourth-order valence-corrected chi connectivity index (χ4v) is 5.40. The Bertz CT molecular complexity index is 583. The van der Waals surface area contributed by atoms with Gasteiger partial charge in [0.05, 0.1) is 6.10 Å². The van der Waals surface area contributed by atoms with E-state index >= 15 is 0 Å². The Morgan fingerprint density at radius 2 is 2.16 bits per heavy atom. The molecule has 1 aromatic rings. The van der Waals surface area contributed by atoms with Gasteiger partial charge in [0.15, 0.2) is 0 Å². The molecule has 0 aliphatic heterocycles. The van der Waals surface area contributed by atoms with Crippen molar-refractivity contribution >= 4 is 17.2 Å². The minimum absolute atomic E-state index is 0.0719. The molecular formula is C19H31N3O2S. The lowest BCUT2D eigenvalue weighted by Gasteiger charge is -2.60. The first kappa shape index (κ1) is 18.8. The highest BCUT2D eigenvalue weighted by molar-refractivity contribution is 7.09. The SMILES string of the molecule is CCCN(C(=O)c1csc(CN)n1)C1CC(OCC)C12CCCCC2. The van der Waals surface area contributed by atoms with E-state index in [1.54, 1.807) is 0 Å². The topological polar surface area (TPSA) is 68.5 Å². The standard InChI is InChI=1S/C19H31N3O2S/c1-3-10-22(18(23)14-13-25-17(12-20)21-14)15-11-16(24-4-2)19(15)8-6-5-7-9-19/h13,15-16H,3-12,20H2,1-2H3. The third-order valence-corrected chi connectivity index (χ3v) is 6.81. The van der Waals surface area contributed by atoms with E-state index in [0.29, 0.717) is 24.4 Å². The summed E-state index contributed by atoms with van der Waals surface area (Å²) in [5, 5.41) is 2.69. The highest BCUT2D eigenvalue weighted by atomic mass is 32.1. The number of aromatic nitrogens is 1. The van der Waals surface area contributed by atoms with Crippen LogP contribution in [0, 0.1) is 5.41 Å². The van der Waals surface area contributed by atoms with Crippen molar-refractivity contribution in [3.05, 3.63) is 16.1 Å². The van der Waals surface area contributed by atoms with Crippen LogP contribution in [0.15, 0.2) is 5.38 Å². The van der Waals surface area contributed by atoms with Crippen molar-refractivity contribution in [2.75, 3.05) is 13.2 Å². The van der Waals surface area contributed by atoms with Crippen molar-refractivity contribution in [1.29, 1.82) is 0 Å². The molecule has 2 aliphatic rings. The number of carbonyl (C=O) groups excluding carboxylic acids is 1. The van der Waals surface area contributed by atoms with Crippen molar-refractivity contribution in [2.24, 2.45) is 11.1 Å². The van der Waals surface area contributed by atoms with Gasteiger partial charge in [0.25, 0.3) is 5.91 Å². The Hall–Kier alpha value is -0.980. The molecule has 2 fully saturated rings. The predicted octanol–water partition coefficient (Wildman–Crippen LogP) is 3.58. The maximum absolute atomic E-state index is 13.2. The first-order valence-corrected chi connectivity index (χ1v) is 10.6. The molecule has 2 unspecified atom stereocenters. The number of hydrogen-bond acceptors (Lipinski definition) is 5. The first-order valence-electron chi connectivity index (χ1n) is 9.73. The zero-order valence-corrected chi connectivity index (χ0v) is 16.3.